The van der Waals surface area contributed by atoms with E-state index in [9.17, 15) is 26.4 Å². The van der Waals surface area contributed by atoms with Crippen LogP contribution in [0.1, 0.15) is 12.5 Å². The van der Waals surface area contributed by atoms with E-state index in [1.807, 2.05) is 0 Å². The SMILES string of the molecule is C[C@@]1(c2ccc3cc(OS(=O)(=O)C(F)(F)F)ccc3c2)COC(C=O)=N1. The lowest BCUT2D eigenvalue weighted by atomic mass is 9.92. The normalized spacial score (nSPS) is 20.5. The number of fused-ring (bicyclic) bond motifs is 1. The van der Waals surface area contributed by atoms with Gasteiger partial charge in [-0.25, -0.2) is 4.99 Å². The van der Waals surface area contributed by atoms with Crippen molar-refractivity contribution in [3.63, 3.8) is 0 Å². The molecule has 138 valence electrons. The van der Waals surface area contributed by atoms with Crippen molar-refractivity contribution in [2.45, 2.75) is 18.0 Å². The van der Waals surface area contributed by atoms with Gasteiger partial charge in [0, 0.05) is 0 Å². The summed E-state index contributed by atoms with van der Waals surface area (Å²) in [6, 6.07) is 8.75. The van der Waals surface area contributed by atoms with Crippen LogP contribution in [0.3, 0.4) is 0 Å². The van der Waals surface area contributed by atoms with Crippen LogP contribution in [0.5, 0.6) is 5.75 Å². The van der Waals surface area contributed by atoms with Gasteiger partial charge in [0.2, 0.25) is 6.29 Å². The number of alkyl halides is 3. The summed E-state index contributed by atoms with van der Waals surface area (Å²) in [7, 11) is -5.73. The smallest absolute Gasteiger partial charge is 0.473 e. The Morgan fingerprint density at radius 3 is 2.46 bits per heavy atom. The van der Waals surface area contributed by atoms with E-state index in [4.69, 9.17) is 4.74 Å². The van der Waals surface area contributed by atoms with Gasteiger partial charge in [-0.15, -0.1) is 0 Å². The molecule has 0 aliphatic carbocycles. The molecule has 0 saturated carbocycles. The molecule has 0 saturated heterocycles. The molecular weight excluding hydrogens is 375 g/mol. The topological polar surface area (TPSA) is 82.0 Å². The van der Waals surface area contributed by atoms with Crippen LogP contribution in [0.15, 0.2) is 41.4 Å². The Bertz CT molecular complexity index is 1020. The van der Waals surface area contributed by atoms with E-state index in [0.29, 0.717) is 17.1 Å². The van der Waals surface area contributed by atoms with E-state index in [2.05, 4.69) is 9.18 Å². The van der Waals surface area contributed by atoms with E-state index in [0.717, 1.165) is 11.6 Å². The van der Waals surface area contributed by atoms with Gasteiger partial charge in [-0.2, -0.15) is 21.6 Å². The molecule has 0 fully saturated rings. The maximum absolute atomic E-state index is 12.4. The third-order valence-electron chi connectivity index (χ3n) is 3.88. The second-order valence-electron chi connectivity index (χ2n) is 5.84. The summed E-state index contributed by atoms with van der Waals surface area (Å²) in [4.78, 5) is 15.0. The first kappa shape index (κ1) is 18.2. The fraction of sp³-hybridized carbons (Fsp3) is 0.250. The first-order valence-electron chi connectivity index (χ1n) is 7.27. The van der Waals surface area contributed by atoms with Gasteiger partial charge in [0.15, 0.2) is 0 Å². The van der Waals surface area contributed by atoms with Crippen molar-refractivity contribution in [2.75, 3.05) is 6.61 Å². The van der Waals surface area contributed by atoms with Crippen molar-refractivity contribution in [1.82, 2.24) is 0 Å². The summed E-state index contributed by atoms with van der Waals surface area (Å²) in [5.41, 5.74) is -5.53. The molecule has 0 bridgehead atoms. The highest BCUT2D eigenvalue weighted by atomic mass is 32.2. The molecule has 1 heterocycles. The van der Waals surface area contributed by atoms with E-state index in [-0.39, 0.29) is 12.5 Å². The number of carbonyl (C=O) groups excluding carboxylic acids is 1. The van der Waals surface area contributed by atoms with Crippen molar-refractivity contribution >= 4 is 33.1 Å². The third-order valence-corrected chi connectivity index (χ3v) is 4.86. The van der Waals surface area contributed by atoms with Crippen LogP contribution in [0, 0.1) is 0 Å². The summed E-state index contributed by atoms with van der Waals surface area (Å²) in [6.45, 7) is 1.95. The first-order chi connectivity index (χ1) is 12.0. The van der Waals surface area contributed by atoms with Gasteiger partial charge >= 0.3 is 15.6 Å². The Morgan fingerprint density at radius 2 is 1.85 bits per heavy atom. The van der Waals surface area contributed by atoms with Crippen LogP contribution in [0.4, 0.5) is 13.2 Å². The predicted octanol–water partition coefficient (Wildman–Crippen LogP) is 2.91. The van der Waals surface area contributed by atoms with Gasteiger partial charge in [-0.1, -0.05) is 18.2 Å². The molecule has 0 spiro atoms. The molecule has 0 radical (unpaired) electrons. The number of hydrogen-bond acceptors (Lipinski definition) is 6. The molecule has 0 aromatic heterocycles. The van der Waals surface area contributed by atoms with Gasteiger partial charge in [0.05, 0.1) is 0 Å². The molecule has 0 amide bonds. The maximum atomic E-state index is 12.4. The summed E-state index contributed by atoms with van der Waals surface area (Å²) >= 11 is 0. The number of aldehydes is 1. The summed E-state index contributed by atoms with van der Waals surface area (Å²) < 4.78 is 68.7. The number of halogens is 3. The highest BCUT2D eigenvalue weighted by Crippen LogP contribution is 2.34. The monoisotopic (exact) mass is 387 g/mol. The number of aliphatic imine (C=N–C) groups is 1. The fourth-order valence-electron chi connectivity index (χ4n) is 2.52. The molecule has 10 heteroatoms. The number of nitrogens with zero attached hydrogens (tertiary/aromatic N) is 1. The van der Waals surface area contributed by atoms with Crippen LogP contribution in [0.25, 0.3) is 10.8 Å². The number of hydrogen-bond donors (Lipinski definition) is 0. The molecule has 2 aromatic rings. The zero-order valence-electron chi connectivity index (χ0n) is 13.3. The second kappa shape index (κ2) is 5.97. The molecule has 26 heavy (non-hydrogen) atoms. The highest BCUT2D eigenvalue weighted by molar-refractivity contribution is 7.88. The Balaban J connectivity index is 1.94. The molecule has 0 N–H and O–H groups in total. The number of benzene rings is 2. The average molecular weight is 387 g/mol. The minimum atomic E-state index is -5.73. The van der Waals surface area contributed by atoms with Crippen LogP contribution in [-0.4, -0.2) is 32.7 Å². The van der Waals surface area contributed by atoms with Gasteiger partial charge < -0.3 is 8.92 Å². The van der Waals surface area contributed by atoms with Crippen molar-refractivity contribution in [3.05, 3.63) is 42.0 Å². The van der Waals surface area contributed by atoms with Crippen molar-refractivity contribution in [3.8, 4) is 5.75 Å². The number of carbonyl (C=O) groups is 1. The maximum Gasteiger partial charge on any atom is 0.534 e. The average Bonchev–Trinajstić information content (AvgIpc) is 2.96. The number of ether oxygens (including phenoxy) is 1. The number of rotatable bonds is 4. The summed E-state index contributed by atoms with van der Waals surface area (Å²) in [5, 5.41) is 1.11. The minimum absolute atomic E-state index is 0.00583. The molecule has 6 nitrogen and oxygen atoms in total. The lowest BCUT2D eigenvalue weighted by molar-refractivity contribution is -0.103. The van der Waals surface area contributed by atoms with E-state index < -0.39 is 26.9 Å². The lowest BCUT2D eigenvalue weighted by Crippen LogP contribution is -2.28. The Labute approximate surface area is 146 Å². The highest BCUT2D eigenvalue weighted by Gasteiger charge is 2.48. The van der Waals surface area contributed by atoms with E-state index in [1.54, 1.807) is 25.1 Å². The molecule has 1 atom stereocenters. The van der Waals surface area contributed by atoms with Crippen LogP contribution >= 0.6 is 0 Å². The first-order valence-corrected chi connectivity index (χ1v) is 8.68. The fourth-order valence-corrected chi connectivity index (χ4v) is 2.97. The summed E-state index contributed by atoms with van der Waals surface area (Å²) in [6.07, 6.45) is 0.511. The Hall–Kier alpha value is -2.62. The predicted molar refractivity (Wildman–Crippen MR) is 86.4 cm³/mol. The van der Waals surface area contributed by atoms with Gasteiger partial charge in [0.25, 0.3) is 5.90 Å². The third kappa shape index (κ3) is 3.24. The van der Waals surface area contributed by atoms with E-state index >= 15 is 0 Å². The molecule has 1 aliphatic rings. The van der Waals surface area contributed by atoms with Crippen LogP contribution in [0.2, 0.25) is 0 Å². The molecule has 2 aromatic carbocycles. The molecule has 3 rings (SSSR count). The zero-order valence-corrected chi connectivity index (χ0v) is 14.1. The van der Waals surface area contributed by atoms with Crippen molar-refractivity contribution in [1.29, 1.82) is 0 Å². The zero-order chi connectivity index (χ0) is 19.2. The van der Waals surface area contributed by atoms with Gasteiger partial charge in [-0.3, -0.25) is 4.79 Å². The van der Waals surface area contributed by atoms with Gasteiger partial charge in [-0.05, 0) is 41.5 Å². The lowest BCUT2D eigenvalue weighted by Gasteiger charge is -2.19. The quantitative estimate of drug-likeness (QED) is 0.458. The molecular formula is C16H12F3NO5S. The summed E-state index contributed by atoms with van der Waals surface area (Å²) in [5.74, 6) is -0.451. The van der Waals surface area contributed by atoms with Crippen LogP contribution in [-0.2, 0) is 25.2 Å². The Kier molecular flexibility index (Phi) is 4.18. The Morgan fingerprint density at radius 1 is 1.19 bits per heavy atom. The minimum Gasteiger partial charge on any atom is -0.473 e. The van der Waals surface area contributed by atoms with Crippen molar-refractivity contribution in [2.24, 2.45) is 4.99 Å². The van der Waals surface area contributed by atoms with Crippen LogP contribution < -0.4 is 4.18 Å². The van der Waals surface area contributed by atoms with Gasteiger partial charge in [0.1, 0.15) is 17.9 Å². The van der Waals surface area contributed by atoms with Crippen molar-refractivity contribution < 1.29 is 35.3 Å². The standard InChI is InChI=1S/C16H12F3NO5S/c1-15(9-24-14(8-21)20-15)12-4-2-11-7-13(5-3-10(11)6-12)25-26(22,23)16(17,18)19/h2-8H,9H2,1H3/t15-/m0/s1. The largest absolute Gasteiger partial charge is 0.534 e. The van der Waals surface area contributed by atoms with E-state index in [1.165, 1.54) is 12.1 Å². The second-order valence-corrected chi connectivity index (χ2v) is 7.38. The molecule has 0 unspecified atom stereocenters. The molecule has 1 aliphatic heterocycles.